The van der Waals surface area contributed by atoms with Crippen LogP contribution in [0.5, 0.6) is 0 Å². The highest BCUT2D eigenvalue weighted by Gasteiger charge is 2.29. The van der Waals surface area contributed by atoms with Gasteiger partial charge in [0.2, 0.25) is 0 Å². The molecule has 1 fully saturated rings. The monoisotopic (exact) mass is 209 g/mol. The molecule has 2 rings (SSSR count). The van der Waals surface area contributed by atoms with Crippen LogP contribution in [0.3, 0.4) is 0 Å². The van der Waals surface area contributed by atoms with Crippen LogP contribution in [0.1, 0.15) is 29.0 Å². The van der Waals surface area contributed by atoms with E-state index in [9.17, 15) is 4.79 Å². The van der Waals surface area contributed by atoms with Gasteiger partial charge < -0.3 is 10.0 Å². The molecular formula is C10H15N3O2. The summed E-state index contributed by atoms with van der Waals surface area (Å²) in [6, 6.07) is 1.70. The number of aliphatic hydroxyl groups is 1. The number of H-pyrrole nitrogens is 1. The van der Waals surface area contributed by atoms with Crippen molar-refractivity contribution in [2.45, 2.75) is 25.8 Å². The van der Waals surface area contributed by atoms with Crippen molar-refractivity contribution in [2.75, 3.05) is 13.2 Å². The standard InChI is InChI=1S/C10H15N3O2/c1-7-5-9(12-11-7)10(15)13-4-2-3-8(13)6-14/h5,8,14H,2-4,6H2,1H3,(H,11,12). The van der Waals surface area contributed by atoms with E-state index in [-0.39, 0.29) is 18.6 Å². The van der Waals surface area contributed by atoms with Crippen LogP contribution in [0.15, 0.2) is 6.07 Å². The first-order chi connectivity index (χ1) is 7.22. The first kappa shape index (κ1) is 10.2. The number of hydrogen-bond donors (Lipinski definition) is 2. The molecule has 1 aromatic heterocycles. The molecule has 0 saturated carbocycles. The number of aryl methyl sites for hydroxylation is 1. The lowest BCUT2D eigenvalue weighted by molar-refractivity contribution is 0.0671. The van der Waals surface area contributed by atoms with Crippen LogP contribution >= 0.6 is 0 Å². The Morgan fingerprint density at radius 3 is 3.20 bits per heavy atom. The molecule has 5 heteroatoms. The molecule has 0 aliphatic carbocycles. The molecule has 2 heterocycles. The molecule has 1 unspecified atom stereocenters. The van der Waals surface area contributed by atoms with Crippen molar-refractivity contribution in [1.29, 1.82) is 0 Å². The van der Waals surface area contributed by atoms with E-state index in [4.69, 9.17) is 5.11 Å². The van der Waals surface area contributed by atoms with E-state index in [0.717, 1.165) is 25.1 Å². The molecule has 1 atom stereocenters. The van der Waals surface area contributed by atoms with Gasteiger partial charge in [-0.05, 0) is 25.8 Å². The topological polar surface area (TPSA) is 69.2 Å². The number of aromatic nitrogens is 2. The average Bonchev–Trinajstić information content (AvgIpc) is 2.84. The molecule has 1 aromatic rings. The van der Waals surface area contributed by atoms with Crippen LogP contribution in [0.4, 0.5) is 0 Å². The first-order valence-corrected chi connectivity index (χ1v) is 5.16. The minimum Gasteiger partial charge on any atom is -0.394 e. The van der Waals surface area contributed by atoms with Gasteiger partial charge in [-0.2, -0.15) is 5.10 Å². The van der Waals surface area contributed by atoms with Gasteiger partial charge in [-0.3, -0.25) is 9.89 Å². The van der Waals surface area contributed by atoms with E-state index in [1.54, 1.807) is 11.0 Å². The second kappa shape index (κ2) is 4.02. The molecule has 1 aliphatic rings. The van der Waals surface area contributed by atoms with Crippen molar-refractivity contribution in [1.82, 2.24) is 15.1 Å². The number of carbonyl (C=O) groups excluding carboxylic acids is 1. The normalized spacial score (nSPS) is 20.9. The smallest absolute Gasteiger partial charge is 0.274 e. The van der Waals surface area contributed by atoms with Gasteiger partial charge in [-0.15, -0.1) is 0 Å². The number of amides is 1. The molecule has 0 spiro atoms. The summed E-state index contributed by atoms with van der Waals surface area (Å²) >= 11 is 0. The van der Waals surface area contributed by atoms with Crippen LogP contribution in [0.25, 0.3) is 0 Å². The molecule has 1 saturated heterocycles. The van der Waals surface area contributed by atoms with Gasteiger partial charge in [0.05, 0.1) is 12.6 Å². The highest BCUT2D eigenvalue weighted by Crippen LogP contribution is 2.19. The van der Waals surface area contributed by atoms with Gasteiger partial charge in [0.1, 0.15) is 5.69 Å². The lowest BCUT2D eigenvalue weighted by Gasteiger charge is -2.21. The molecule has 0 radical (unpaired) electrons. The average molecular weight is 209 g/mol. The maximum atomic E-state index is 12.0. The summed E-state index contributed by atoms with van der Waals surface area (Å²) in [4.78, 5) is 13.7. The summed E-state index contributed by atoms with van der Waals surface area (Å²) < 4.78 is 0. The van der Waals surface area contributed by atoms with E-state index in [2.05, 4.69) is 10.2 Å². The van der Waals surface area contributed by atoms with Crippen molar-refractivity contribution in [3.05, 3.63) is 17.5 Å². The third kappa shape index (κ3) is 1.87. The van der Waals surface area contributed by atoms with Gasteiger partial charge in [0, 0.05) is 12.2 Å². The van der Waals surface area contributed by atoms with E-state index in [1.807, 2.05) is 6.92 Å². The maximum absolute atomic E-state index is 12.0. The number of aromatic amines is 1. The zero-order valence-electron chi connectivity index (χ0n) is 8.73. The summed E-state index contributed by atoms with van der Waals surface area (Å²) in [6.45, 7) is 2.61. The first-order valence-electron chi connectivity index (χ1n) is 5.16. The Labute approximate surface area is 88.1 Å². The molecular weight excluding hydrogens is 194 g/mol. The summed E-state index contributed by atoms with van der Waals surface area (Å²) in [5, 5.41) is 15.8. The third-order valence-electron chi connectivity index (χ3n) is 2.77. The summed E-state index contributed by atoms with van der Waals surface area (Å²) in [7, 11) is 0. The largest absolute Gasteiger partial charge is 0.394 e. The van der Waals surface area contributed by atoms with Crippen LogP contribution in [-0.2, 0) is 0 Å². The van der Waals surface area contributed by atoms with Gasteiger partial charge in [-0.1, -0.05) is 0 Å². The zero-order chi connectivity index (χ0) is 10.8. The second-order valence-corrected chi connectivity index (χ2v) is 3.91. The molecule has 15 heavy (non-hydrogen) atoms. The fourth-order valence-electron chi connectivity index (χ4n) is 1.97. The number of carbonyl (C=O) groups is 1. The van der Waals surface area contributed by atoms with E-state index in [1.165, 1.54) is 0 Å². The number of nitrogens with one attached hydrogen (secondary N) is 1. The molecule has 1 amide bonds. The highest BCUT2D eigenvalue weighted by molar-refractivity contribution is 5.92. The molecule has 5 nitrogen and oxygen atoms in total. The fourth-order valence-corrected chi connectivity index (χ4v) is 1.97. The SMILES string of the molecule is Cc1cc(C(=O)N2CCCC2CO)n[nH]1. The Morgan fingerprint density at radius 2 is 2.60 bits per heavy atom. The Kier molecular flexibility index (Phi) is 2.73. The summed E-state index contributed by atoms with van der Waals surface area (Å²) in [6.07, 6.45) is 1.84. The predicted octanol–water partition coefficient (Wildman–Crippen LogP) is 0.315. The van der Waals surface area contributed by atoms with Crippen molar-refractivity contribution < 1.29 is 9.90 Å². The quantitative estimate of drug-likeness (QED) is 0.736. The van der Waals surface area contributed by atoms with E-state index >= 15 is 0 Å². The maximum Gasteiger partial charge on any atom is 0.274 e. The molecule has 0 bridgehead atoms. The van der Waals surface area contributed by atoms with E-state index in [0.29, 0.717) is 5.69 Å². The third-order valence-corrected chi connectivity index (χ3v) is 2.77. The van der Waals surface area contributed by atoms with Crippen LogP contribution < -0.4 is 0 Å². The number of nitrogens with zero attached hydrogens (tertiary/aromatic N) is 2. The molecule has 1 aliphatic heterocycles. The van der Waals surface area contributed by atoms with Crippen LogP contribution in [-0.4, -0.2) is 45.3 Å². The number of rotatable bonds is 2. The minimum atomic E-state index is -0.0871. The van der Waals surface area contributed by atoms with Crippen molar-refractivity contribution >= 4 is 5.91 Å². The minimum absolute atomic E-state index is 0.0329. The molecule has 82 valence electrons. The Bertz CT molecular complexity index is 361. The van der Waals surface area contributed by atoms with Gasteiger partial charge in [-0.25, -0.2) is 0 Å². The lowest BCUT2D eigenvalue weighted by atomic mass is 10.2. The Balaban J connectivity index is 2.13. The zero-order valence-corrected chi connectivity index (χ0v) is 8.73. The molecule has 2 N–H and O–H groups in total. The predicted molar refractivity (Wildman–Crippen MR) is 54.5 cm³/mol. The molecule has 0 aromatic carbocycles. The van der Waals surface area contributed by atoms with Crippen LogP contribution in [0.2, 0.25) is 0 Å². The Hall–Kier alpha value is -1.36. The van der Waals surface area contributed by atoms with Crippen molar-refractivity contribution in [3.63, 3.8) is 0 Å². The number of hydrogen-bond acceptors (Lipinski definition) is 3. The summed E-state index contributed by atoms with van der Waals surface area (Å²) in [5.74, 6) is -0.0871. The van der Waals surface area contributed by atoms with Gasteiger partial charge in [0.15, 0.2) is 0 Å². The lowest BCUT2D eigenvalue weighted by Crippen LogP contribution is -2.37. The van der Waals surface area contributed by atoms with Crippen molar-refractivity contribution in [3.8, 4) is 0 Å². The number of likely N-dealkylation sites (tertiary alicyclic amines) is 1. The highest BCUT2D eigenvalue weighted by atomic mass is 16.3. The number of aliphatic hydroxyl groups excluding tert-OH is 1. The summed E-state index contributed by atoms with van der Waals surface area (Å²) in [5.41, 5.74) is 1.31. The van der Waals surface area contributed by atoms with E-state index < -0.39 is 0 Å². The van der Waals surface area contributed by atoms with Crippen molar-refractivity contribution in [2.24, 2.45) is 0 Å². The second-order valence-electron chi connectivity index (χ2n) is 3.91. The van der Waals surface area contributed by atoms with Gasteiger partial charge >= 0.3 is 0 Å². The Morgan fingerprint density at radius 1 is 1.80 bits per heavy atom. The van der Waals surface area contributed by atoms with Crippen LogP contribution in [0, 0.1) is 6.92 Å². The fraction of sp³-hybridized carbons (Fsp3) is 0.600. The van der Waals surface area contributed by atoms with Gasteiger partial charge in [0.25, 0.3) is 5.91 Å².